The minimum absolute atomic E-state index is 0.160. The summed E-state index contributed by atoms with van der Waals surface area (Å²) in [5, 5.41) is 9.74. The molecule has 100 valence electrons. The van der Waals surface area contributed by atoms with Crippen LogP contribution in [0.2, 0.25) is 0 Å². The summed E-state index contributed by atoms with van der Waals surface area (Å²) in [4.78, 5) is 14.1. The fourth-order valence-corrected chi connectivity index (χ4v) is 2.45. The summed E-state index contributed by atoms with van der Waals surface area (Å²) in [7, 11) is 2.11. The van der Waals surface area contributed by atoms with E-state index in [1.165, 1.54) is 12.8 Å². The van der Waals surface area contributed by atoms with Gasteiger partial charge in [0.2, 0.25) is 5.91 Å². The molecule has 18 heavy (non-hydrogen) atoms. The predicted octanol–water partition coefficient (Wildman–Crippen LogP) is 0.943. The van der Waals surface area contributed by atoms with Crippen molar-refractivity contribution >= 4 is 5.91 Å². The Bertz CT molecular complexity index is 363. The molecule has 1 saturated heterocycles. The van der Waals surface area contributed by atoms with Crippen LogP contribution in [0, 0.1) is 0 Å². The van der Waals surface area contributed by atoms with E-state index in [-0.39, 0.29) is 5.91 Å². The molecule has 1 atom stereocenters. The number of carbonyl (C=O) groups excluding carboxylic acids is 1. The Balaban J connectivity index is 1.65. The lowest BCUT2D eigenvalue weighted by molar-refractivity contribution is -0.122. The van der Waals surface area contributed by atoms with Gasteiger partial charge in [0.1, 0.15) is 0 Å². The van der Waals surface area contributed by atoms with Gasteiger partial charge >= 0.3 is 0 Å². The predicted molar refractivity (Wildman–Crippen MR) is 70.2 cm³/mol. The van der Waals surface area contributed by atoms with Gasteiger partial charge in [-0.2, -0.15) is 5.10 Å². The molecule has 1 aromatic heterocycles. The molecule has 0 saturated carbocycles. The quantitative estimate of drug-likeness (QED) is 0.817. The van der Waals surface area contributed by atoms with E-state index in [0.717, 1.165) is 25.1 Å². The zero-order chi connectivity index (χ0) is 12.8. The third-order valence-electron chi connectivity index (χ3n) is 3.62. The number of rotatable bonds is 5. The average molecular weight is 250 g/mol. The van der Waals surface area contributed by atoms with Gasteiger partial charge < -0.3 is 10.2 Å². The van der Waals surface area contributed by atoms with E-state index < -0.39 is 0 Å². The number of carbonyl (C=O) groups is 1. The molecule has 0 aromatic carbocycles. The molecule has 1 aliphatic rings. The molecule has 0 unspecified atom stereocenters. The highest BCUT2D eigenvalue weighted by Crippen LogP contribution is 2.17. The largest absolute Gasteiger partial charge is 0.356 e. The molecule has 1 aromatic rings. The second kappa shape index (κ2) is 6.54. The fourth-order valence-electron chi connectivity index (χ4n) is 2.45. The van der Waals surface area contributed by atoms with Gasteiger partial charge in [-0.25, -0.2) is 0 Å². The van der Waals surface area contributed by atoms with Crippen molar-refractivity contribution in [1.29, 1.82) is 0 Å². The van der Waals surface area contributed by atoms with Crippen LogP contribution < -0.4 is 5.32 Å². The number of hydrogen-bond acceptors (Lipinski definition) is 3. The van der Waals surface area contributed by atoms with Crippen LogP contribution in [0.3, 0.4) is 0 Å². The number of nitrogens with zero attached hydrogens (tertiary/aromatic N) is 2. The van der Waals surface area contributed by atoms with E-state index in [4.69, 9.17) is 0 Å². The Labute approximate surface area is 108 Å². The Morgan fingerprint density at radius 2 is 2.50 bits per heavy atom. The molecule has 1 fully saturated rings. The zero-order valence-electron chi connectivity index (χ0n) is 11.0. The fraction of sp³-hybridized carbons (Fsp3) is 0.692. The number of amides is 1. The molecule has 2 heterocycles. The zero-order valence-corrected chi connectivity index (χ0v) is 11.0. The van der Waals surface area contributed by atoms with E-state index in [0.29, 0.717) is 19.0 Å². The Morgan fingerprint density at radius 1 is 1.61 bits per heavy atom. The molecule has 2 rings (SSSR count). The lowest BCUT2D eigenvalue weighted by Crippen LogP contribution is -2.40. The lowest BCUT2D eigenvalue weighted by atomic mass is 10.00. The Morgan fingerprint density at radius 3 is 3.22 bits per heavy atom. The number of likely N-dealkylation sites (tertiary alicyclic amines) is 1. The van der Waals surface area contributed by atoms with Gasteiger partial charge in [-0.15, -0.1) is 0 Å². The van der Waals surface area contributed by atoms with Crippen LogP contribution in [0.5, 0.6) is 0 Å². The van der Waals surface area contributed by atoms with Crippen molar-refractivity contribution in [2.24, 2.45) is 0 Å². The van der Waals surface area contributed by atoms with Gasteiger partial charge in [0.25, 0.3) is 0 Å². The standard InChI is InChI=1S/C13H22N4O/c1-17-9-3-2-4-12(17)10-13(18)14-7-5-11-6-8-15-16-11/h6,8,12H,2-5,7,9-10H2,1H3,(H,14,18)(H,15,16)/t12-/m1/s1. The van der Waals surface area contributed by atoms with Gasteiger partial charge in [-0.1, -0.05) is 6.42 Å². The summed E-state index contributed by atoms with van der Waals surface area (Å²) in [5.74, 6) is 0.160. The van der Waals surface area contributed by atoms with Crippen LogP contribution in [-0.2, 0) is 11.2 Å². The van der Waals surface area contributed by atoms with E-state index in [1.807, 2.05) is 6.07 Å². The molecule has 2 N–H and O–H groups in total. The molecular weight excluding hydrogens is 228 g/mol. The molecule has 0 spiro atoms. The molecule has 0 aliphatic carbocycles. The van der Waals surface area contributed by atoms with Crippen LogP contribution in [-0.4, -0.2) is 47.2 Å². The maximum Gasteiger partial charge on any atom is 0.221 e. The van der Waals surface area contributed by atoms with E-state index in [2.05, 4.69) is 27.5 Å². The van der Waals surface area contributed by atoms with Gasteiger partial charge in [-0.05, 0) is 32.5 Å². The third kappa shape index (κ3) is 3.84. The van der Waals surface area contributed by atoms with Crippen molar-refractivity contribution in [2.75, 3.05) is 20.1 Å². The van der Waals surface area contributed by atoms with Crippen molar-refractivity contribution in [3.63, 3.8) is 0 Å². The summed E-state index contributed by atoms with van der Waals surface area (Å²) in [6, 6.07) is 2.35. The molecule has 1 aliphatic heterocycles. The maximum atomic E-state index is 11.8. The molecule has 5 nitrogen and oxygen atoms in total. The third-order valence-corrected chi connectivity index (χ3v) is 3.62. The number of nitrogens with one attached hydrogen (secondary N) is 2. The summed E-state index contributed by atoms with van der Waals surface area (Å²) in [6.45, 7) is 1.80. The topological polar surface area (TPSA) is 61.0 Å². The summed E-state index contributed by atoms with van der Waals surface area (Å²) >= 11 is 0. The van der Waals surface area contributed by atoms with E-state index in [1.54, 1.807) is 6.20 Å². The minimum atomic E-state index is 0.160. The molecular formula is C13H22N4O. The number of piperidine rings is 1. The van der Waals surface area contributed by atoms with Crippen LogP contribution in [0.4, 0.5) is 0 Å². The number of aromatic nitrogens is 2. The van der Waals surface area contributed by atoms with Gasteiger partial charge in [0.05, 0.1) is 0 Å². The first-order valence-electron chi connectivity index (χ1n) is 6.71. The van der Waals surface area contributed by atoms with Crippen molar-refractivity contribution in [2.45, 2.75) is 38.1 Å². The Hall–Kier alpha value is -1.36. The Kier molecular flexibility index (Phi) is 4.75. The lowest BCUT2D eigenvalue weighted by Gasteiger charge is -2.31. The number of H-pyrrole nitrogens is 1. The van der Waals surface area contributed by atoms with E-state index in [9.17, 15) is 4.79 Å². The van der Waals surface area contributed by atoms with Crippen LogP contribution >= 0.6 is 0 Å². The van der Waals surface area contributed by atoms with Crippen LogP contribution in [0.25, 0.3) is 0 Å². The average Bonchev–Trinajstić information content (AvgIpc) is 2.85. The maximum absolute atomic E-state index is 11.8. The molecule has 0 radical (unpaired) electrons. The van der Waals surface area contributed by atoms with Crippen LogP contribution in [0.1, 0.15) is 31.4 Å². The molecule has 5 heteroatoms. The summed E-state index contributed by atoms with van der Waals surface area (Å²) in [6.07, 6.45) is 6.81. The summed E-state index contributed by atoms with van der Waals surface area (Å²) in [5.41, 5.74) is 1.06. The second-order valence-electron chi connectivity index (χ2n) is 5.02. The van der Waals surface area contributed by atoms with Crippen molar-refractivity contribution < 1.29 is 4.79 Å². The highest BCUT2D eigenvalue weighted by Gasteiger charge is 2.21. The van der Waals surface area contributed by atoms with Gasteiger partial charge in [-0.3, -0.25) is 9.89 Å². The normalized spacial score (nSPS) is 20.8. The molecule has 1 amide bonds. The smallest absolute Gasteiger partial charge is 0.221 e. The highest BCUT2D eigenvalue weighted by atomic mass is 16.1. The van der Waals surface area contributed by atoms with Gasteiger partial charge in [0, 0.05) is 37.3 Å². The van der Waals surface area contributed by atoms with Crippen molar-refractivity contribution in [3.8, 4) is 0 Å². The summed E-state index contributed by atoms with van der Waals surface area (Å²) < 4.78 is 0. The first kappa shape index (κ1) is 13.1. The minimum Gasteiger partial charge on any atom is -0.356 e. The van der Waals surface area contributed by atoms with Crippen molar-refractivity contribution in [1.82, 2.24) is 20.4 Å². The number of aromatic amines is 1. The first-order valence-corrected chi connectivity index (χ1v) is 6.71. The number of hydrogen-bond donors (Lipinski definition) is 2. The second-order valence-corrected chi connectivity index (χ2v) is 5.02. The van der Waals surface area contributed by atoms with Crippen molar-refractivity contribution in [3.05, 3.63) is 18.0 Å². The SMILES string of the molecule is CN1CCCC[C@@H]1CC(=O)NCCc1ccn[nH]1. The first-order chi connectivity index (χ1) is 8.75. The van der Waals surface area contributed by atoms with Crippen LogP contribution in [0.15, 0.2) is 12.3 Å². The highest BCUT2D eigenvalue weighted by molar-refractivity contribution is 5.76. The van der Waals surface area contributed by atoms with Gasteiger partial charge in [0.15, 0.2) is 0 Å². The monoisotopic (exact) mass is 250 g/mol. The van der Waals surface area contributed by atoms with E-state index >= 15 is 0 Å². The molecule has 0 bridgehead atoms.